The van der Waals surface area contributed by atoms with Crippen LogP contribution in [0.5, 0.6) is 0 Å². The molecule has 2 rings (SSSR count). The number of benzene rings is 1. The Labute approximate surface area is 124 Å². The van der Waals surface area contributed by atoms with Gasteiger partial charge in [0.25, 0.3) is 0 Å². The highest BCUT2D eigenvalue weighted by atomic mass is 79.9. The average Bonchev–Trinajstić information content (AvgIpc) is 2.75. The topological polar surface area (TPSA) is 38.0 Å². The highest BCUT2D eigenvalue weighted by molar-refractivity contribution is 9.10. The van der Waals surface area contributed by atoms with E-state index in [2.05, 4.69) is 21.4 Å². The first-order valence-corrected chi connectivity index (χ1v) is 7.07. The summed E-state index contributed by atoms with van der Waals surface area (Å²) < 4.78 is 53.0. The fourth-order valence-electron chi connectivity index (χ4n) is 1.85. The Hall–Kier alpha value is -0.960. The molecule has 0 aliphatic carbocycles. The van der Waals surface area contributed by atoms with E-state index in [1.165, 1.54) is 11.3 Å². The third kappa shape index (κ3) is 3.03. The maximum Gasteiger partial charge on any atom is 0.416 e. The lowest BCUT2D eigenvalue weighted by Crippen LogP contribution is -2.30. The summed E-state index contributed by atoms with van der Waals surface area (Å²) in [7, 11) is 0. The van der Waals surface area contributed by atoms with Crippen LogP contribution in [0.4, 0.5) is 17.6 Å². The molecule has 108 valence electrons. The molecule has 1 unspecified atom stereocenters. The molecule has 0 aliphatic heterocycles. The molecule has 0 saturated carbocycles. The van der Waals surface area contributed by atoms with E-state index in [-0.39, 0.29) is 5.56 Å². The van der Waals surface area contributed by atoms with Gasteiger partial charge in [-0.15, -0.1) is 11.3 Å². The average molecular weight is 369 g/mol. The minimum Gasteiger partial charge on any atom is -0.271 e. The first-order chi connectivity index (χ1) is 9.34. The molecular formula is C12H9BrF4N2S. The molecule has 0 fully saturated rings. The monoisotopic (exact) mass is 368 g/mol. The molecule has 3 N–H and O–H groups in total. The van der Waals surface area contributed by atoms with Crippen LogP contribution in [-0.4, -0.2) is 0 Å². The molecule has 8 heteroatoms. The van der Waals surface area contributed by atoms with Gasteiger partial charge in [0.1, 0.15) is 5.82 Å². The highest BCUT2D eigenvalue weighted by Gasteiger charge is 2.36. The summed E-state index contributed by atoms with van der Waals surface area (Å²) in [6.45, 7) is 0. The Kier molecular flexibility index (Phi) is 4.48. The maximum absolute atomic E-state index is 13.3. The Morgan fingerprint density at radius 2 is 1.95 bits per heavy atom. The molecule has 2 nitrogen and oxygen atoms in total. The summed E-state index contributed by atoms with van der Waals surface area (Å²) in [6, 6.07) is 3.09. The number of halogens is 5. The minimum atomic E-state index is -4.58. The number of nitrogens with two attached hydrogens (primary N) is 1. The standard InChI is InChI=1S/C12H9BrF4N2S/c13-9-3-4-20-11(9)10(19-18)7-5-6(14)1-2-8(7)12(15,16)17/h1-5,10,19H,18H2. The van der Waals surface area contributed by atoms with Gasteiger partial charge in [-0.25, -0.2) is 9.82 Å². The van der Waals surface area contributed by atoms with Crippen LogP contribution in [-0.2, 0) is 6.18 Å². The molecule has 2 aromatic rings. The number of thiophene rings is 1. The SMILES string of the molecule is NNC(c1cc(F)ccc1C(F)(F)F)c1sccc1Br. The molecular weight excluding hydrogens is 360 g/mol. The Morgan fingerprint density at radius 1 is 1.25 bits per heavy atom. The van der Waals surface area contributed by atoms with Crippen molar-refractivity contribution in [1.82, 2.24) is 5.43 Å². The molecule has 1 aromatic heterocycles. The molecule has 0 aliphatic rings. The van der Waals surface area contributed by atoms with Crippen molar-refractivity contribution in [2.75, 3.05) is 0 Å². The zero-order chi connectivity index (χ0) is 14.9. The van der Waals surface area contributed by atoms with Crippen molar-refractivity contribution >= 4 is 27.3 Å². The lowest BCUT2D eigenvalue weighted by Gasteiger charge is -2.20. The van der Waals surface area contributed by atoms with Gasteiger partial charge in [0, 0.05) is 9.35 Å². The van der Waals surface area contributed by atoms with Crippen LogP contribution in [0, 0.1) is 5.82 Å². The summed E-state index contributed by atoms with van der Waals surface area (Å²) in [6.07, 6.45) is -4.58. The van der Waals surface area contributed by atoms with Crippen LogP contribution in [0.15, 0.2) is 34.1 Å². The third-order valence-electron chi connectivity index (χ3n) is 2.70. The van der Waals surface area contributed by atoms with E-state index in [1.807, 2.05) is 0 Å². The van der Waals surface area contributed by atoms with Crippen LogP contribution in [0.2, 0.25) is 0 Å². The van der Waals surface area contributed by atoms with E-state index in [1.54, 1.807) is 11.4 Å². The molecule has 1 aromatic carbocycles. The zero-order valence-electron chi connectivity index (χ0n) is 9.84. The largest absolute Gasteiger partial charge is 0.416 e. The van der Waals surface area contributed by atoms with Crippen LogP contribution in [0.3, 0.4) is 0 Å². The number of nitrogens with one attached hydrogen (secondary N) is 1. The fraction of sp³-hybridized carbons (Fsp3) is 0.167. The van der Waals surface area contributed by atoms with Crippen LogP contribution in [0.25, 0.3) is 0 Å². The molecule has 0 spiro atoms. The molecule has 20 heavy (non-hydrogen) atoms. The van der Waals surface area contributed by atoms with Gasteiger partial charge in [-0.3, -0.25) is 5.84 Å². The van der Waals surface area contributed by atoms with Gasteiger partial charge in [-0.1, -0.05) is 0 Å². The van der Waals surface area contributed by atoms with Gasteiger partial charge >= 0.3 is 6.18 Å². The van der Waals surface area contributed by atoms with Gasteiger partial charge in [0.15, 0.2) is 0 Å². The second-order valence-corrected chi connectivity index (χ2v) is 5.76. The van der Waals surface area contributed by atoms with Crippen LogP contribution in [0.1, 0.15) is 22.0 Å². The molecule has 0 bridgehead atoms. The number of hydrogen-bond donors (Lipinski definition) is 2. The summed E-state index contributed by atoms with van der Waals surface area (Å²) in [5.41, 5.74) is 1.15. The van der Waals surface area contributed by atoms with Gasteiger partial charge in [-0.2, -0.15) is 13.2 Å². The van der Waals surface area contributed by atoms with Crippen molar-refractivity contribution < 1.29 is 17.6 Å². The molecule has 1 atom stereocenters. The van der Waals surface area contributed by atoms with E-state index in [9.17, 15) is 17.6 Å². The van der Waals surface area contributed by atoms with E-state index < -0.39 is 23.6 Å². The van der Waals surface area contributed by atoms with Crippen molar-refractivity contribution in [3.05, 3.63) is 55.9 Å². The predicted molar refractivity (Wildman–Crippen MR) is 72.6 cm³/mol. The van der Waals surface area contributed by atoms with Gasteiger partial charge < -0.3 is 0 Å². The van der Waals surface area contributed by atoms with Crippen molar-refractivity contribution in [3.8, 4) is 0 Å². The number of hydrogen-bond acceptors (Lipinski definition) is 3. The van der Waals surface area contributed by atoms with Crippen LogP contribution < -0.4 is 11.3 Å². The smallest absolute Gasteiger partial charge is 0.271 e. The van der Waals surface area contributed by atoms with Gasteiger partial charge in [-0.05, 0) is 51.1 Å². The molecule has 0 saturated heterocycles. The Balaban J connectivity index is 2.60. The minimum absolute atomic E-state index is 0.247. The maximum atomic E-state index is 13.3. The first-order valence-electron chi connectivity index (χ1n) is 5.40. The fourth-order valence-corrected chi connectivity index (χ4v) is 3.53. The molecule has 0 radical (unpaired) electrons. The second kappa shape index (κ2) is 5.80. The highest BCUT2D eigenvalue weighted by Crippen LogP contribution is 2.39. The van der Waals surface area contributed by atoms with E-state index in [4.69, 9.17) is 5.84 Å². The van der Waals surface area contributed by atoms with Gasteiger partial charge in [0.2, 0.25) is 0 Å². The quantitative estimate of drug-likeness (QED) is 0.483. The van der Waals surface area contributed by atoms with Crippen molar-refractivity contribution in [1.29, 1.82) is 0 Å². The van der Waals surface area contributed by atoms with E-state index >= 15 is 0 Å². The Bertz CT molecular complexity index is 612. The van der Waals surface area contributed by atoms with Crippen molar-refractivity contribution in [2.24, 2.45) is 5.84 Å². The third-order valence-corrected chi connectivity index (χ3v) is 4.64. The summed E-state index contributed by atoms with van der Waals surface area (Å²) >= 11 is 4.46. The number of hydrazine groups is 1. The van der Waals surface area contributed by atoms with E-state index in [0.29, 0.717) is 9.35 Å². The van der Waals surface area contributed by atoms with Crippen molar-refractivity contribution in [3.63, 3.8) is 0 Å². The zero-order valence-corrected chi connectivity index (χ0v) is 12.2. The summed E-state index contributed by atoms with van der Waals surface area (Å²) in [5, 5.41) is 1.70. The van der Waals surface area contributed by atoms with Gasteiger partial charge in [0.05, 0.1) is 11.6 Å². The normalized spacial score (nSPS) is 13.5. The first kappa shape index (κ1) is 15.4. The second-order valence-electron chi connectivity index (χ2n) is 3.96. The number of alkyl halides is 3. The van der Waals surface area contributed by atoms with Crippen molar-refractivity contribution in [2.45, 2.75) is 12.2 Å². The Morgan fingerprint density at radius 3 is 2.45 bits per heavy atom. The van der Waals surface area contributed by atoms with E-state index in [0.717, 1.165) is 18.2 Å². The summed E-state index contributed by atoms with van der Waals surface area (Å²) in [4.78, 5) is 0.545. The summed E-state index contributed by atoms with van der Waals surface area (Å²) in [5.74, 6) is 4.62. The molecule has 1 heterocycles. The lowest BCUT2D eigenvalue weighted by atomic mass is 9.99. The number of rotatable bonds is 3. The molecule has 0 amide bonds. The predicted octanol–water partition coefficient (Wildman–Crippen LogP) is 4.22. The van der Waals surface area contributed by atoms with Crippen LogP contribution >= 0.6 is 27.3 Å². The lowest BCUT2D eigenvalue weighted by molar-refractivity contribution is -0.138.